The van der Waals surface area contributed by atoms with E-state index in [0.29, 0.717) is 26.6 Å². The van der Waals surface area contributed by atoms with Crippen LogP contribution in [0.1, 0.15) is 61.7 Å². The van der Waals surface area contributed by atoms with E-state index in [-0.39, 0.29) is 23.6 Å². The van der Waals surface area contributed by atoms with Gasteiger partial charge in [-0.25, -0.2) is 4.98 Å². The van der Waals surface area contributed by atoms with Gasteiger partial charge in [0.25, 0.3) is 11.5 Å². The molecule has 8 heteroatoms. The number of esters is 1. The number of nitrogens with two attached hydrogens (primary N) is 1. The minimum absolute atomic E-state index is 0.0946. The monoisotopic (exact) mass is 405 g/mol. The Labute approximate surface area is 167 Å². The number of ether oxygens (including phenoxy) is 1. The van der Waals surface area contributed by atoms with Crippen LogP contribution in [0, 0.1) is 18.3 Å². The third-order valence-electron chi connectivity index (χ3n) is 5.64. The highest BCUT2D eigenvalue weighted by Crippen LogP contribution is 2.38. The molecule has 152 valence electrons. The molecule has 1 amide bonds. The van der Waals surface area contributed by atoms with Crippen LogP contribution in [-0.4, -0.2) is 27.5 Å². The van der Waals surface area contributed by atoms with Gasteiger partial charge in [-0.2, -0.15) is 0 Å². The predicted octanol–water partition coefficient (Wildman–Crippen LogP) is 3.01. The zero-order chi connectivity index (χ0) is 20.6. The van der Waals surface area contributed by atoms with Gasteiger partial charge in [0, 0.05) is 0 Å². The highest BCUT2D eigenvalue weighted by atomic mass is 32.1. The quantitative estimate of drug-likeness (QED) is 0.788. The largest absolute Gasteiger partial charge is 0.461 e. The summed E-state index contributed by atoms with van der Waals surface area (Å²) in [6.07, 6.45) is 5.01. The number of thiophene rings is 1. The topological polar surface area (TPSA) is 104 Å². The number of fused-ring (bicyclic) bond motifs is 1. The molecule has 1 aliphatic carbocycles. The minimum Gasteiger partial charge on any atom is -0.461 e. The second-order valence-corrected chi connectivity index (χ2v) is 9.61. The molecule has 7 nitrogen and oxygen atoms in total. The molecular formula is C20H27N3O4S. The summed E-state index contributed by atoms with van der Waals surface area (Å²) in [4.78, 5) is 41.6. The van der Waals surface area contributed by atoms with Crippen LogP contribution in [-0.2, 0) is 16.1 Å². The summed E-state index contributed by atoms with van der Waals surface area (Å²) in [6, 6.07) is 0. The fraction of sp³-hybridized carbons (Fsp3) is 0.600. The molecule has 0 unspecified atom stereocenters. The Morgan fingerprint density at radius 1 is 1.29 bits per heavy atom. The van der Waals surface area contributed by atoms with Crippen LogP contribution in [0.5, 0.6) is 0 Å². The molecule has 1 fully saturated rings. The van der Waals surface area contributed by atoms with Crippen molar-refractivity contribution in [3.05, 3.63) is 27.1 Å². The molecule has 2 aromatic heterocycles. The van der Waals surface area contributed by atoms with E-state index < -0.39 is 11.9 Å². The summed E-state index contributed by atoms with van der Waals surface area (Å²) in [5.74, 6) is -0.389. The van der Waals surface area contributed by atoms with E-state index in [0.717, 1.165) is 37.0 Å². The number of aromatic nitrogens is 2. The Kier molecular flexibility index (Phi) is 5.61. The van der Waals surface area contributed by atoms with Gasteiger partial charge in [0.05, 0.1) is 16.6 Å². The van der Waals surface area contributed by atoms with E-state index in [9.17, 15) is 14.4 Å². The van der Waals surface area contributed by atoms with Gasteiger partial charge >= 0.3 is 5.97 Å². The van der Waals surface area contributed by atoms with Gasteiger partial charge in [-0.05, 0) is 49.5 Å². The lowest BCUT2D eigenvalue weighted by Crippen LogP contribution is -2.32. The Bertz CT molecular complexity index is 962. The van der Waals surface area contributed by atoms with Crippen molar-refractivity contribution < 1.29 is 14.3 Å². The van der Waals surface area contributed by atoms with Crippen molar-refractivity contribution in [1.82, 2.24) is 9.55 Å². The van der Waals surface area contributed by atoms with E-state index in [1.807, 2.05) is 0 Å². The van der Waals surface area contributed by atoms with Crippen molar-refractivity contribution in [2.75, 3.05) is 0 Å². The van der Waals surface area contributed by atoms with E-state index in [4.69, 9.17) is 10.5 Å². The summed E-state index contributed by atoms with van der Waals surface area (Å²) >= 11 is 1.09. The van der Waals surface area contributed by atoms with Gasteiger partial charge in [-0.1, -0.05) is 20.8 Å². The highest BCUT2D eigenvalue weighted by Gasteiger charge is 2.31. The molecule has 0 radical (unpaired) electrons. The third-order valence-corrected chi connectivity index (χ3v) is 6.85. The van der Waals surface area contributed by atoms with Gasteiger partial charge in [-0.3, -0.25) is 19.0 Å². The molecule has 2 N–H and O–H groups in total. The molecule has 0 bridgehead atoms. The Morgan fingerprint density at radius 3 is 2.50 bits per heavy atom. The number of hydrogen-bond donors (Lipinski definition) is 1. The Balaban J connectivity index is 1.69. The molecule has 0 aliphatic heterocycles. The zero-order valence-corrected chi connectivity index (χ0v) is 17.6. The molecular weight excluding hydrogens is 378 g/mol. The molecule has 2 aromatic rings. The van der Waals surface area contributed by atoms with Crippen molar-refractivity contribution in [1.29, 1.82) is 0 Å². The maximum Gasteiger partial charge on any atom is 0.326 e. The third kappa shape index (κ3) is 4.11. The maximum absolute atomic E-state index is 12.7. The van der Waals surface area contributed by atoms with Crippen molar-refractivity contribution in [2.24, 2.45) is 17.1 Å². The SMILES string of the molecule is Cc1c(C(N)=O)sc2ncn(CC(=O)OC3CCC(C(C)(C)C)CC3)c(=O)c12. The average molecular weight is 406 g/mol. The van der Waals surface area contributed by atoms with Crippen molar-refractivity contribution >= 4 is 33.4 Å². The summed E-state index contributed by atoms with van der Waals surface area (Å²) < 4.78 is 6.83. The molecule has 2 heterocycles. The number of nitrogens with zero attached hydrogens (tertiary/aromatic N) is 2. The molecule has 1 saturated carbocycles. The highest BCUT2D eigenvalue weighted by molar-refractivity contribution is 7.20. The predicted molar refractivity (Wildman–Crippen MR) is 108 cm³/mol. The first-order chi connectivity index (χ1) is 13.1. The number of amides is 1. The maximum atomic E-state index is 12.7. The molecule has 0 aromatic carbocycles. The number of hydrogen-bond acceptors (Lipinski definition) is 6. The number of primary amides is 1. The smallest absolute Gasteiger partial charge is 0.326 e. The minimum atomic E-state index is -0.586. The van der Waals surface area contributed by atoms with E-state index >= 15 is 0 Å². The fourth-order valence-electron chi connectivity index (χ4n) is 3.92. The number of rotatable bonds is 4. The van der Waals surface area contributed by atoms with Gasteiger partial charge < -0.3 is 10.5 Å². The Morgan fingerprint density at radius 2 is 1.93 bits per heavy atom. The second kappa shape index (κ2) is 7.66. The number of carbonyl (C=O) groups excluding carboxylic acids is 2. The summed E-state index contributed by atoms with van der Waals surface area (Å²) in [7, 11) is 0. The van der Waals surface area contributed by atoms with Crippen LogP contribution in [0.15, 0.2) is 11.1 Å². The molecule has 0 spiro atoms. The first-order valence-corrected chi connectivity index (χ1v) is 10.4. The Hall–Kier alpha value is -2.22. The molecule has 28 heavy (non-hydrogen) atoms. The number of carbonyl (C=O) groups is 2. The van der Waals surface area contributed by atoms with Crippen LogP contribution in [0.2, 0.25) is 0 Å². The van der Waals surface area contributed by atoms with Crippen molar-refractivity contribution in [3.8, 4) is 0 Å². The lowest BCUT2D eigenvalue weighted by Gasteiger charge is -2.36. The van der Waals surface area contributed by atoms with Crippen LogP contribution in [0.4, 0.5) is 0 Å². The molecule has 0 atom stereocenters. The van der Waals surface area contributed by atoms with Gasteiger partial charge in [0.15, 0.2) is 0 Å². The van der Waals surface area contributed by atoms with Crippen LogP contribution < -0.4 is 11.3 Å². The van der Waals surface area contributed by atoms with Crippen molar-refractivity contribution in [3.63, 3.8) is 0 Å². The van der Waals surface area contributed by atoms with Gasteiger partial charge in [0.2, 0.25) is 0 Å². The van der Waals surface area contributed by atoms with Gasteiger partial charge in [0.1, 0.15) is 17.5 Å². The van der Waals surface area contributed by atoms with E-state index in [1.54, 1.807) is 6.92 Å². The van der Waals surface area contributed by atoms with Gasteiger partial charge in [-0.15, -0.1) is 11.3 Å². The van der Waals surface area contributed by atoms with E-state index in [1.165, 1.54) is 10.9 Å². The summed E-state index contributed by atoms with van der Waals surface area (Å²) in [5, 5.41) is 0.333. The lowest BCUT2D eigenvalue weighted by atomic mass is 9.72. The number of aryl methyl sites for hydroxylation is 1. The second-order valence-electron chi connectivity index (χ2n) is 8.61. The summed E-state index contributed by atoms with van der Waals surface area (Å²) in [5.41, 5.74) is 5.76. The summed E-state index contributed by atoms with van der Waals surface area (Å²) in [6.45, 7) is 8.21. The lowest BCUT2D eigenvalue weighted by molar-refractivity contribution is -0.152. The van der Waals surface area contributed by atoms with Crippen molar-refractivity contribution in [2.45, 2.75) is 66.0 Å². The molecule has 0 saturated heterocycles. The van der Waals surface area contributed by atoms with Crippen LogP contribution in [0.3, 0.4) is 0 Å². The zero-order valence-electron chi connectivity index (χ0n) is 16.8. The standard InChI is InChI=1S/C20H27N3O4S/c1-11-15-18(28-16(11)17(21)25)22-10-23(19(15)26)9-14(24)27-13-7-5-12(6-8-13)20(2,3)4/h10,12-13H,5-9H2,1-4H3,(H2,21,25). The normalized spacial score (nSPS) is 20.3. The first-order valence-electron chi connectivity index (χ1n) is 9.55. The van der Waals surface area contributed by atoms with Crippen LogP contribution in [0.25, 0.3) is 10.2 Å². The first kappa shape index (κ1) is 20.5. The van der Waals surface area contributed by atoms with E-state index in [2.05, 4.69) is 25.8 Å². The average Bonchev–Trinajstić information content (AvgIpc) is 2.95. The van der Waals surface area contributed by atoms with Crippen LogP contribution >= 0.6 is 11.3 Å². The molecule has 3 rings (SSSR count). The fourth-order valence-corrected chi connectivity index (χ4v) is 4.91. The molecule has 1 aliphatic rings.